The molecule has 1 heterocycles. The van der Waals surface area contributed by atoms with Gasteiger partial charge in [0.05, 0.1) is 11.3 Å². The summed E-state index contributed by atoms with van der Waals surface area (Å²) < 4.78 is 0. The lowest BCUT2D eigenvalue weighted by Gasteiger charge is -2.39. The van der Waals surface area contributed by atoms with E-state index in [1.807, 2.05) is 29.2 Å². The number of carbonyl (C=O) groups excluding carboxylic acids is 2. The summed E-state index contributed by atoms with van der Waals surface area (Å²) in [5.74, 6) is 0.0523. The van der Waals surface area contributed by atoms with Crippen molar-refractivity contribution < 1.29 is 9.59 Å². The molecule has 0 spiro atoms. The maximum atomic E-state index is 13.5. The van der Waals surface area contributed by atoms with Crippen molar-refractivity contribution in [2.24, 2.45) is 11.7 Å². The highest BCUT2D eigenvalue weighted by Gasteiger charge is 2.46. The number of nitrogens with one attached hydrogen (secondary N) is 1. The van der Waals surface area contributed by atoms with E-state index >= 15 is 0 Å². The van der Waals surface area contributed by atoms with Crippen molar-refractivity contribution in [1.29, 1.82) is 0 Å². The SMILES string of the molecule is Cl.NCCNC(=O)C1CCCN(C(=O)C2(c3ccc(Cl)cc3)CCCC2)C1. The molecule has 1 aliphatic heterocycles. The minimum Gasteiger partial charge on any atom is -0.355 e. The summed E-state index contributed by atoms with van der Waals surface area (Å²) in [5, 5.41) is 3.55. The summed E-state index contributed by atoms with van der Waals surface area (Å²) >= 11 is 6.04. The van der Waals surface area contributed by atoms with E-state index in [2.05, 4.69) is 5.32 Å². The average molecular weight is 414 g/mol. The minimum atomic E-state index is -0.458. The van der Waals surface area contributed by atoms with Gasteiger partial charge in [-0.15, -0.1) is 12.4 Å². The fourth-order valence-electron chi connectivity index (χ4n) is 4.39. The topological polar surface area (TPSA) is 75.4 Å². The third-order valence-corrected chi connectivity index (χ3v) is 6.04. The van der Waals surface area contributed by atoms with Crippen LogP contribution in [0.4, 0.5) is 0 Å². The Hall–Kier alpha value is -1.30. The molecule has 2 amide bonds. The normalized spacial score (nSPS) is 21.4. The summed E-state index contributed by atoms with van der Waals surface area (Å²) in [5.41, 5.74) is 6.06. The molecule has 2 fully saturated rings. The van der Waals surface area contributed by atoms with Gasteiger partial charge in [-0.25, -0.2) is 0 Å². The van der Waals surface area contributed by atoms with E-state index in [0.717, 1.165) is 50.6 Å². The number of hydrogen-bond acceptors (Lipinski definition) is 3. The number of carbonyl (C=O) groups is 2. The van der Waals surface area contributed by atoms with Gasteiger partial charge in [-0.1, -0.05) is 36.6 Å². The van der Waals surface area contributed by atoms with Gasteiger partial charge in [-0.2, -0.15) is 0 Å². The molecule has 0 aromatic heterocycles. The standard InChI is InChI=1S/C20H28ClN3O2.ClH/c21-17-7-5-16(6-8-17)20(9-1-2-10-20)19(26)24-13-3-4-15(14-24)18(25)23-12-11-22;/h5-8,15H,1-4,9-14,22H2,(H,23,25);1H. The second-order valence-corrected chi connectivity index (χ2v) is 7.90. The summed E-state index contributed by atoms with van der Waals surface area (Å²) in [6, 6.07) is 7.70. The van der Waals surface area contributed by atoms with Crippen molar-refractivity contribution in [3.05, 3.63) is 34.9 Å². The van der Waals surface area contributed by atoms with E-state index in [1.54, 1.807) is 0 Å². The van der Waals surface area contributed by atoms with Gasteiger partial charge in [0.1, 0.15) is 0 Å². The highest BCUT2D eigenvalue weighted by Crippen LogP contribution is 2.43. The molecule has 1 saturated carbocycles. The number of rotatable bonds is 5. The first-order valence-electron chi connectivity index (χ1n) is 9.60. The van der Waals surface area contributed by atoms with Crippen LogP contribution in [0.15, 0.2) is 24.3 Å². The highest BCUT2D eigenvalue weighted by atomic mass is 35.5. The molecule has 150 valence electrons. The second-order valence-electron chi connectivity index (χ2n) is 7.47. The van der Waals surface area contributed by atoms with Gasteiger partial charge in [0.15, 0.2) is 0 Å². The van der Waals surface area contributed by atoms with Crippen molar-refractivity contribution in [3.63, 3.8) is 0 Å². The zero-order valence-corrected chi connectivity index (χ0v) is 17.2. The predicted octanol–water partition coefficient (Wildman–Crippen LogP) is 2.89. The largest absolute Gasteiger partial charge is 0.355 e. The third-order valence-electron chi connectivity index (χ3n) is 5.79. The van der Waals surface area contributed by atoms with E-state index < -0.39 is 5.41 Å². The van der Waals surface area contributed by atoms with Crippen LogP contribution in [-0.2, 0) is 15.0 Å². The van der Waals surface area contributed by atoms with Gasteiger partial charge in [-0.05, 0) is 43.4 Å². The Morgan fingerprint density at radius 1 is 1.19 bits per heavy atom. The van der Waals surface area contributed by atoms with E-state index in [0.29, 0.717) is 24.7 Å². The van der Waals surface area contributed by atoms with E-state index in [4.69, 9.17) is 17.3 Å². The third kappa shape index (κ3) is 4.76. The molecule has 7 heteroatoms. The second kappa shape index (κ2) is 9.76. The fourth-order valence-corrected chi connectivity index (χ4v) is 4.52. The number of piperidine rings is 1. The minimum absolute atomic E-state index is 0. The number of amides is 2. The Labute approximate surface area is 172 Å². The molecule has 3 rings (SSSR count). The number of hydrogen-bond donors (Lipinski definition) is 2. The van der Waals surface area contributed by atoms with E-state index in [1.165, 1.54) is 0 Å². The molecular formula is C20H29Cl2N3O2. The molecule has 0 radical (unpaired) electrons. The molecule has 1 aromatic rings. The van der Waals surface area contributed by atoms with Crippen LogP contribution in [0.25, 0.3) is 0 Å². The molecule has 1 atom stereocenters. The van der Waals surface area contributed by atoms with Crippen molar-refractivity contribution in [2.75, 3.05) is 26.2 Å². The molecule has 1 unspecified atom stereocenters. The molecular weight excluding hydrogens is 385 g/mol. The Morgan fingerprint density at radius 2 is 1.85 bits per heavy atom. The molecule has 0 bridgehead atoms. The smallest absolute Gasteiger partial charge is 0.233 e. The molecule has 1 aliphatic carbocycles. The average Bonchev–Trinajstić information content (AvgIpc) is 3.17. The lowest BCUT2D eigenvalue weighted by atomic mass is 9.77. The van der Waals surface area contributed by atoms with Crippen LogP contribution in [-0.4, -0.2) is 42.9 Å². The maximum Gasteiger partial charge on any atom is 0.233 e. The monoisotopic (exact) mass is 413 g/mol. The van der Waals surface area contributed by atoms with Gasteiger partial charge in [0, 0.05) is 31.2 Å². The van der Waals surface area contributed by atoms with Crippen molar-refractivity contribution in [2.45, 2.75) is 43.9 Å². The van der Waals surface area contributed by atoms with Crippen molar-refractivity contribution >= 4 is 35.8 Å². The van der Waals surface area contributed by atoms with Crippen LogP contribution in [0.5, 0.6) is 0 Å². The first kappa shape index (κ1) is 22.0. The first-order valence-corrected chi connectivity index (χ1v) is 9.98. The van der Waals surface area contributed by atoms with E-state index in [9.17, 15) is 9.59 Å². The van der Waals surface area contributed by atoms with E-state index in [-0.39, 0.29) is 30.1 Å². The Kier molecular flexibility index (Phi) is 7.95. The lowest BCUT2D eigenvalue weighted by molar-refractivity contribution is -0.141. The zero-order chi connectivity index (χ0) is 18.6. The van der Waals surface area contributed by atoms with Crippen LogP contribution in [0, 0.1) is 5.92 Å². The first-order chi connectivity index (χ1) is 12.6. The van der Waals surface area contributed by atoms with Crippen molar-refractivity contribution in [1.82, 2.24) is 10.2 Å². The Balaban J connectivity index is 0.00000261. The van der Waals surface area contributed by atoms with Gasteiger partial charge < -0.3 is 16.0 Å². The number of halogens is 2. The summed E-state index contributed by atoms with van der Waals surface area (Å²) in [6.07, 6.45) is 5.55. The summed E-state index contributed by atoms with van der Waals surface area (Å²) in [7, 11) is 0. The van der Waals surface area contributed by atoms with Crippen LogP contribution in [0.3, 0.4) is 0 Å². The Morgan fingerprint density at radius 3 is 2.48 bits per heavy atom. The fraction of sp³-hybridized carbons (Fsp3) is 0.600. The predicted molar refractivity (Wildman–Crippen MR) is 110 cm³/mol. The molecule has 2 aliphatic rings. The van der Waals surface area contributed by atoms with Gasteiger partial charge in [0.2, 0.25) is 11.8 Å². The van der Waals surface area contributed by atoms with Gasteiger partial charge >= 0.3 is 0 Å². The van der Waals surface area contributed by atoms with Crippen LogP contribution >= 0.6 is 24.0 Å². The maximum absolute atomic E-state index is 13.5. The lowest BCUT2D eigenvalue weighted by Crippen LogP contribution is -2.51. The van der Waals surface area contributed by atoms with Gasteiger partial charge in [0.25, 0.3) is 0 Å². The van der Waals surface area contributed by atoms with Gasteiger partial charge in [-0.3, -0.25) is 9.59 Å². The number of benzene rings is 1. The molecule has 3 N–H and O–H groups in total. The van der Waals surface area contributed by atoms with Crippen LogP contribution < -0.4 is 11.1 Å². The van der Waals surface area contributed by atoms with Crippen LogP contribution in [0.2, 0.25) is 5.02 Å². The molecule has 5 nitrogen and oxygen atoms in total. The molecule has 27 heavy (non-hydrogen) atoms. The van der Waals surface area contributed by atoms with Crippen molar-refractivity contribution in [3.8, 4) is 0 Å². The zero-order valence-electron chi connectivity index (χ0n) is 15.6. The highest BCUT2D eigenvalue weighted by molar-refractivity contribution is 6.30. The van der Waals surface area contributed by atoms with Crippen LogP contribution in [0.1, 0.15) is 44.1 Å². The number of likely N-dealkylation sites (tertiary alicyclic amines) is 1. The molecule has 1 saturated heterocycles. The Bertz CT molecular complexity index is 645. The number of nitrogens with zero attached hydrogens (tertiary/aromatic N) is 1. The quantitative estimate of drug-likeness (QED) is 0.778. The summed E-state index contributed by atoms with van der Waals surface area (Å²) in [4.78, 5) is 27.8. The number of nitrogens with two attached hydrogens (primary N) is 1. The summed E-state index contributed by atoms with van der Waals surface area (Å²) in [6.45, 7) is 2.15. The molecule has 1 aromatic carbocycles.